The summed E-state index contributed by atoms with van der Waals surface area (Å²) in [5, 5.41) is 1.05. The van der Waals surface area contributed by atoms with Crippen molar-refractivity contribution in [1.29, 1.82) is 0 Å². The van der Waals surface area contributed by atoms with Crippen molar-refractivity contribution in [3.8, 4) is 0 Å². The number of aromatic nitrogens is 2. The van der Waals surface area contributed by atoms with Crippen LogP contribution in [-0.4, -0.2) is 84.1 Å². The summed E-state index contributed by atoms with van der Waals surface area (Å²) in [4.78, 5) is 34.0. The number of carbonyl (C=O) groups is 1. The molecule has 2 saturated heterocycles. The molecule has 1 atom stereocenters. The lowest BCUT2D eigenvalue weighted by molar-refractivity contribution is 0.0730. The number of rotatable bonds is 5. The average molecular weight is 493 g/mol. The predicted molar refractivity (Wildman–Crippen MR) is 145 cm³/mol. The van der Waals surface area contributed by atoms with E-state index < -0.39 is 0 Å². The molecule has 1 amide bonds. The highest BCUT2D eigenvalue weighted by Gasteiger charge is 2.31. The summed E-state index contributed by atoms with van der Waals surface area (Å²) >= 11 is 1.52. The van der Waals surface area contributed by atoms with E-state index in [1.54, 1.807) is 6.33 Å². The summed E-state index contributed by atoms with van der Waals surface area (Å²) in [7, 11) is 0. The number of benzene rings is 1. The third-order valence-corrected chi connectivity index (χ3v) is 8.55. The van der Waals surface area contributed by atoms with Crippen molar-refractivity contribution >= 4 is 39.0 Å². The van der Waals surface area contributed by atoms with Crippen LogP contribution in [0.3, 0.4) is 0 Å². The SMILES string of the molecule is CCCN1CCN(c2ncnc3sc(C(=O)N4CCN(c5cccc(C)c5)[C@H](C)C4)c(C)c23)CC1. The van der Waals surface area contributed by atoms with Crippen molar-refractivity contribution in [2.45, 2.75) is 40.2 Å². The Morgan fingerprint density at radius 3 is 2.60 bits per heavy atom. The maximum absolute atomic E-state index is 13.7. The normalized spacial score (nSPS) is 19.5. The maximum Gasteiger partial charge on any atom is 0.264 e. The molecule has 0 N–H and O–H groups in total. The molecular formula is C27H36N6OS. The molecule has 2 aromatic heterocycles. The van der Waals surface area contributed by atoms with E-state index >= 15 is 0 Å². The van der Waals surface area contributed by atoms with Crippen LogP contribution in [0.2, 0.25) is 0 Å². The zero-order valence-electron chi connectivity index (χ0n) is 21.3. The fourth-order valence-electron chi connectivity index (χ4n) is 5.47. The Balaban J connectivity index is 1.35. The molecule has 0 saturated carbocycles. The van der Waals surface area contributed by atoms with Gasteiger partial charge in [-0.15, -0.1) is 11.3 Å². The van der Waals surface area contributed by atoms with Gasteiger partial charge < -0.3 is 14.7 Å². The molecule has 0 bridgehead atoms. The van der Waals surface area contributed by atoms with E-state index in [1.165, 1.54) is 29.0 Å². The minimum atomic E-state index is 0.125. The fraction of sp³-hybridized carbons (Fsp3) is 0.519. The molecule has 0 spiro atoms. The van der Waals surface area contributed by atoms with E-state index in [2.05, 4.69) is 76.6 Å². The van der Waals surface area contributed by atoms with Gasteiger partial charge in [-0.1, -0.05) is 19.1 Å². The molecule has 2 aliphatic rings. The monoisotopic (exact) mass is 492 g/mol. The topological polar surface area (TPSA) is 55.8 Å². The Morgan fingerprint density at radius 1 is 1.09 bits per heavy atom. The molecule has 3 aromatic rings. The molecule has 7 nitrogen and oxygen atoms in total. The lowest BCUT2D eigenvalue weighted by Gasteiger charge is -2.41. The third kappa shape index (κ3) is 4.74. The van der Waals surface area contributed by atoms with Crippen molar-refractivity contribution < 1.29 is 4.79 Å². The van der Waals surface area contributed by atoms with Crippen LogP contribution in [0.25, 0.3) is 10.2 Å². The van der Waals surface area contributed by atoms with Gasteiger partial charge in [-0.2, -0.15) is 0 Å². The van der Waals surface area contributed by atoms with E-state index in [1.807, 2.05) is 4.90 Å². The van der Waals surface area contributed by atoms with E-state index in [9.17, 15) is 4.79 Å². The predicted octanol–water partition coefficient (Wildman–Crippen LogP) is 4.19. The molecule has 0 radical (unpaired) electrons. The fourth-order valence-corrected chi connectivity index (χ4v) is 6.58. The standard InChI is InChI=1S/C27H36N6OS/c1-5-9-30-10-12-31(13-11-30)25-23-21(4)24(35-26(23)29-18-28-25)27(34)32-14-15-33(20(3)17-32)22-8-6-7-19(2)16-22/h6-8,16,18,20H,5,9-15,17H2,1-4H3/t20-/m1/s1. The van der Waals surface area contributed by atoms with Crippen LogP contribution in [0, 0.1) is 13.8 Å². The lowest BCUT2D eigenvalue weighted by atomic mass is 10.1. The van der Waals surface area contributed by atoms with Gasteiger partial charge in [-0.05, 0) is 57.0 Å². The average Bonchev–Trinajstić information content (AvgIpc) is 3.21. The largest absolute Gasteiger partial charge is 0.365 e. The second kappa shape index (κ2) is 10.1. The first kappa shape index (κ1) is 24.0. The van der Waals surface area contributed by atoms with Crippen LogP contribution in [-0.2, 0) is 0 Å². The van der Waals surface area contributed by atoms with Crippen molar-refractivity contribution in [1.82, 2.24) is 19.8 Å². The van der Waals surface area contributed by atoms with Gasteiger partial charge in [-0.3, -0.25) is 9.69 Å². The van der Waals surface area contributed by atoms with Crippen LogP contribution in [0.1, 0.15) is 41.1 Å². The molecule has 2 fully saturated rings. The van der Waals surface area contributed by atoms with E-state index in [-0.39, 0.29) is 11.9 Å². The molecule has 4 heterocycles. The summed E-state index contributed by atoms with van der Waals surface area (Å²) in [6, 6.07) is 8.89. The highest BCUT2D eigenvalue weighted by atomic mass is 32.1. The number of hydrogen-bond acceptors (Lipinski definition) is 7. The van der Waals surface area contributed by atoms with Gasteiger partial charge in [0.05, 0.1) is 10.3 Å². The second-order valence-electron chi connectivity index (χ2n) is 9.89. The first-order valence-corrected chi connectivity index (χ1v) is 13.6. The molecule has 35 heavy (non-hydrogen) atoms. The van der Waals surface area contributed by atoms with Crippen LogP contribution in [0.15, 0.2) is 30.6 Å². The molecule has 0 aliphatic carbocycles. The van der Waals surface area contributed by atoms with Crippen LogP contribution < -0.4 is 9.80 Å². The molecule has 8 heteroatoms. The number of thiophene rings is 1. The number of carbonyl (C=O) groups excluding carboxylic acids is 1. The zero-order valence-corrected chi connectivity index (χ0v) is 22.1. The number of piperazine rings is 2. The highest BCUT2D eigenvalue weighted by molar-refractivity contribution is 7.20. The summed E-state index contributed by atoms with van der Waals surface area (Å²) in [5.41, 5.74) is 3.52. The molecule has 2 aliphatic heterocycles. The first-order valence-electron chi connectivity index (χ1n) is 12.8. The Morgan fingerprint density at radius 2 is 1.89 bits per heavy atom. The first-order chi connectivity index (χ1) is 17.0. The summed E-state index contributed by atoms with van der Waals surface area (Å²) in [5.74, 6) is 1.11. The zero-order chi connectivity index (χ0) is 24.5. The van der Waals surface area contributed by atoms with Gasteiger partial charge in [0.15, 0.2) is 0 Å². The van der Waals surface area contributed by atoms with Crippen LogP contribution in [0.4, 0.5) is 11.5 Å². The Kier molecular flexibility index (Phi) is 6.93. The number of hydrogen-bond donors (Lipinski definition) is 0. The van der Waals surface area contributed by atoms with Crippen molar-refractivity contribution in [3.05, 3.63) is 46.6 Å². The minimum Gasteiger partial charge on any atom is -0.365 e. The van der Waals surface area contributed by atoms with Crippen molar-refractivity contribution in [2.24, 2.45) is 0 Å². The molecule has 186 valence electrons. The summed E-state index contributed by atoms with van der Waals surface area (Å²) in [6.45, 7) is 16.1. The number of fused-ring (bicyclic) bond motifs is 1. The number of nitrogens with zero attached hydrogens (tertiary/aromatic N) is 6. The van der Waals surface area contributed by atoms with Crippen molar-refractivity contribution in [2.75, 3.05) is 62.2 Å². The van der Waals surface area contributed by atoms with Gasteiger partial charge in [-0.25, -0.2) is 9.97 Å². The second-order valence-corrected chi connectivity index (χ2v) is 10.9. The lowest BCUT2D eigenvalue weighted by Crippen LogP contribution is -2.53. The van der Waals surface area contributed by atoms with E-state index in [0.717, 1.165) is 78.8 Å². The minimum absolute atomic E-state index is 0.125. The van der Waals surface area contributed by atoms with Crippen LogP contribution in [0.5, 0.6) is 0 Å². The van der Waals surface area contributed by atoms with Crippen LogP contribution >= 0.6 is 11.3 Å². The molecular weight excluding hydrogens is 456 g/mol. The quantitative estimate of drug-likeness (QED) is 0.532. The van der Waals surface area contributed by atoms with Crippen molar-refractivity contribution in [3.63, 3.8) is 0 Å². The number of aryl methyl sites for hydroxylation is 2. The maximum atomic E-state index is 13.7. The highest BCUT2D eigenvalue weighted by Crippen LogP contribution is 2.36. The van der Waals surface area contributed by atoms with Gasteiger partial charge in [0, 0.05) is 57.5 Å². The number of anilines is 2. The summed E-state index contributed by atoms with van der Waals surface area (Å²) in [6.07, 6.45) is 2.84. The Labute approximate surface area is 212 Å². The Bertz CT molecular complexity index is 1200. The number of amides is 1. The molecule has 5 rings (SSSR count). The van der Waals surface area contributed by atoms with E-state index in [4.69, 9.17) is 0 Å². The summed E-state index contributed by atoms with van der Waals surface area (Å²) < 4.78 is 0. The Hall–Kier alpha value is -2.71. The van der Waals surface area contributed by atoms with Gasteiger partial charge >= 0.3 is 0 Å². The van der Waals surface area contributed by atoms with E-state index in [0.29, 0.717) is 0 Å². The molecule has 1 aromatic carbocycles. The van der Waals surface area contributed by atoms with Gasteiger partial charge in [0.25, 0.3) is 5.91 Å². The van der Waals surface area contributed by atoms with Gasteiger partial charge in [0.2, 0.25) is 0 Å². The third-order valence-electron chi connectivity index (χ3n) is 7.36. The molecule has 0 unspecified atom stereocenters. The smallest absolute Gasteiger partial charge is 0.264 e. The van der Waals surface area contributed by atoms with Gasteiger partial charge in [0.1, 0.15) is 17.0 Å².